The maximum atomic E-state index is 12.2. The van der Waals surface area contributed by atoms with Crippen LogP contribution in [0.5, 0.6) is 5.75 Å². The highest BCUT2D eigenvalue weighted by atomic mass is 16.5. The van der Waals surface area contributed by atoms with Crippen molar-refractivity contribution < 1.29 is 9.53 Å². The quantitative estimate of drug-likeness (QED) is 0.544. The van der Waals surface area contributed by atoms with Gasteiger partial charge in [-0.25, -0.2) is 4.98 Å². The molecule has 1 amide bonds. The van der Waals surface area contributed by atoms with Gasteiger partial charge in [-0.2, -0.15) is 0 Å². The summed E-state index contributed by atoms with van der Waals surface area (Å²) in [6, 6.07) is 14.4. The molecule has 1 aromatic heterocycles. The van der Waals surface area contributed by atoms with Gasteiger partial charge in [0, 0.05) is 24.9 Å². The number of nitrogens with one attached hydrogen (secondary N) is 1. The molecule has 30 heavy (non-hydrogen) atoms. The lowest BCUT2D eigenvalue weighted by molar-refractivity contribution is -0.128. The zero-order valence-corrected chi connectivity index (χ0v) is 18.8. The fraction of sp³-hybridized carbons (Fsp3) is 0.440. The number of hydrogen-bond donors (Lipinski definition) is 1. The molecule has 0 aliphatic heterocycles. The molecule has 5 heteroatoms. The summed E-state index contributed by atoms with van der Waals surface area (Å²) >= 11 is 0. The van der Waals surface area contributed by atoms with Crippen LogP contribution in [-0.2, 0) is 17.8 Å². The van der Waals surface area contributed by atoms with Gasteiger partial charge in [-0.3, -0.25) is 4.79 Å². The van der Waals surface area contributed by atoms with Crippen molar-refractivity contribution in [2.45, 2.75) is 54.0 Å². The van der Waals surface area contributed by atoms with E-state index < -0.39 is 0 Å². The Morgan fingerprint density at radius 2 is 1.77 bits per heavy atom. The zero-order chi connectivity index (χ0) is 21.7. The van der Waals surface area contributed by atoms with Gasteiger partial charge in [0.2, 0.25) is 5.91 Å². The molecule has 0 bridgehead atoms. The number of carbonyl (C=O) groups is 1. The van der Waals surface area contributed by atoms with E-state index in [1.54, 1.807) is 0 Å². The van der Waals surface area contributed by atoms with Crippen molar-refractivity contribution in [3.63, 3.8) is 0 Å². The molecule has 0 aliphatic carbocycles. The van der Waals surface area contributed by atoms with E-state index in [4.69, 9.17) is 9.72 Å². The predicted octanol–water partition coefficient (Wildman–Crippen LogP) is 4.83. The second-order valence-corrected chi connectivity index (χ2v) is 8.85. The van der Waals surface area contributed by atoms with Crippen molar-refractivity contribution in [2.24, 2.45) is 5.41 Å². The molecule has 0 saturated heterocycles. The highest BCUT2D eigenvalue weighted by Crippen LogP contribution is 2.23. The molecule has 0 unspecified atom stereocenters. The molecule has 3 rings (SSSR count). The molecule has 0 atom stereocenters. The van der Waals surface area contributed by atoms with E-state index in [-0.39, 0.29) is 11.3 Å². The van der Waals surface area contributed by atoms with Crippen molar-refractivity contribution in [2.75, 3.05) is 13.2 Å². The molecular weight excluding hydrogens is 374 g/mol. The molecule has 0 radical (unpaired) electrons. The summed E-state index contributed by atoms with van der Waals surface area (Å²) in [6.07, 6.45) is 1.59. The summed E-state index contributed by atoms with van der Waals surface area (Å²) in [7, 11) is 0. The summed E-state index contributed by atoms with van der Waals surface area (Å²) < 4.78 is 8.33. The van der Waals surface area contributed by atoms with Crippen LogP contribution in [0.25, 0.3) is 11.0 Å². The summed E-state index contributed by atoms with van der Waals surface area (Å²) in [4.78, 5) is 17.0. The average Bonchev–Trinajstić information content (AvgIpc) is 3.03. The van der Waals surface area contributed by atoms with Crippen LogP contribution in [0, 0.1) is 19.3 Å². The number of amides is 1. The number of para-hydroxylation sites is 3. The molecule has 3 aromatic rings. The number of rotatable bonds is 8. The molecular formula is C25H33N3O2. The number of benzene rings is 2. The van der Waals surface area contributed by atoms with Gasteiger partial charge in [-0.05, 0) is 43.5 Å². The topological polar surface area (TPSA) is 56.1 Å². The van der Waals surface area contributed by atoms with Crippen LogP contribution < -0.4 is 10.1 Å². The standard InChI is InChI=1S/C25H33N3O2/c1-18-10-8-11-19(2)23(18)30-17-9-16-28-21-13-7-6-12-20(21)27-22(28)14-15-26-24(29)25(3,4)5/h6-8,10-13H,9,14-17H2,1-5H3,(H,26,29). The first-order chi connectivity index (χ1) is 14.3. The first kappa shape index (κ1) is 21.9. The smallest absolute Gasteiger partial charge is 0.225 e. The molecule has 0 aliphatic rings. The Bertz CT molecular complexity index is 995. The van der Waals surface area contributed by atoms with E-state index in [0.29, 0.717) is 19.6 Å². The Kier molecular flexibility index (Phi) is 6.80. The maximum Gasteiger partial charge on any atom is 0.225 e. The van der Waals surface area contributed by atoms with E-state index in [9.17, 15) is 4.79 Å². The summed E-state index contributed by atoms with van der Waals surface area (Å²) in [5.74, 6) is 2.04. The second-order valence-electron chi connectivity index (χ2n) is 8.85. The van der Waals surface area contributed by atoms with E-state index in [1.807, 2.05) is 39.0 Å². The summed E-state index contributed by atoms with van der Waals surface area (Å²) in [5, 5.41) is 3.03. The number of aromatic nitrogens is 2. The first-order valence-corrected chi connectivity index (χ1v) is 10.7. The van der Waals surface area contributed by atoms with Gasteiger partial charge in [0.05, 0.1) is 17.6 Å². The van der Waals surface area contributed by atoms with Crippen LogP contribution in [0.15, 0.2) is 42.5 Å². The number of fused-ring (bicyclic) bond motifs is 1. The lowest BCUT2D eigenvalue weighted by atomic mass is 9.96. The van der Waals surface area contributed by atoms with Crippen molar-refractivity contribution in [3.8, 4) is 5.75 Å². The third-order valence-corrected chi connectivity index (χ3v) is 5.23. The molecule has 0 spiro atoms. The van der Waals surface area contributed by atoms with E-state index in [2.05, 4.69) is 48.0 Å². The molecule has 2 aromatic carbocycles. The van der Waals surface area contributed by atoms with Crippen LogP contribution in [0.4, 0.5) is 0 Å². The molecule has 5 nitrogen and oxygen atoms in total. The van der Waals surface area contributed by atoms with Crippen LogP contribution in [0.3, 0.4) is 0 Å². The van der Waals surface area contributed by atoms with Crippen molar-refractivity contribution in [1.29, 1.82) is 0 Å². The molecule has 160 valence electrons. The van der Waals surface area contributed by atoms with Crippen molar-refractivity contribution in [3.05, 3.63) is 59.4 Å². The van der Waals surface area contributed by atoms with Gasteiger partial charge in [0.1, 0.15) is 11.6 Å². The second kappa shape index (κ2) is 9.33. The van der Waals surface area contributed by atoms with Gasteiger partial charge in [-0.1, -0.05) is 51.1 Å². The number of aryl methyl sites for hydroxylation is 3. The number of hydrogen-bond acceptors (Lipinski definition) is 3. The summed E-state index contributed by atoms with van der Waals surface area (Å²) in [6.45, 7) is 12.0. The molecule has 0 saturated carbocycles. The minimum Gasteiger partial charge on any atom is -0.493 e. The number of carbonyl (C=O) groups excluding carboxylic acids is 1. The van der Waals surface area contributed by atoms with Gasteiger partial charge < -0.3 is 14.6 Å². The van der Waals surface area contributed by atoms with Gasteiger partial charge in [0.15, 0.2) is 0 Å². The third-order valence-electron chi connectivity index (χ3n) is 5.23. The third kappa shape index (κ3) is 5.21. The van der Waals surface area contributed by atoms with Crippen LogP contribution in [0.1, 0.15) is 44.1 Å². The Balaban J connectivity index is 1.65. The molecule has 1 heterocycles. The van der Waals surface area contributed by atoms with Gasteiger partial charge >= 0.3 is 0 Å². The van der Waals surface area contributed by atoms with E-state index in [0.717, 1.165) is 35.6 Å². The predicted molar refractivity (Wildman–Crippen MR) is 122 cm³/mol. The Hall–Kier alpha value is -2.82. The van der Waals surface area contributed by atoms with Crippen molar-refractivity contribution >= 4 is 16.9 Å². The highest BCUT2D eigenvalue weighted by Gasteiger charge is 2.20. The Morgan fingerprint density at radius 1 is 1.07 bits per heavy atom. The van der Waals surface area contributed by atoms with Crippen LogP contribution in [-0.4, -0.2) is 28.6 Å². The average molecular weight is 408 g/mol. The first-order valence-electron chi connectivity index (χ1n) is 10.7. The number of ether oxygens (including phenoxy) is 1. The lowest BCUT2D eigenvalue weighted by Gasteiger charge is -2.17. The Morgan fingerprint density at radius 3 is 2.47 bits per heavy atom. The minimum atomic E-state index is -0.384. The fourth-order valence-electron chi connectivity index (χ4n) is 3.54. The van der Waals surface area contributed by atoms with Gasteiger partial charge in [0.25, 0.3) is 0 Å². The zero-order valence-electron chi connectivity index (χ0n) is 18.8. The highest BCUT2D eigenvalue weighted by molar-refractivity contribution is 5.81. The molecule has 1 N–H and O–H groups in total. The SMILES string of the molecule is Cc1cccc(C)c1OCCCn1c(CCNC(=O)C(C)(C)C)nc2ccccc21. The van der Waals surface area contributed by atoms with Gasteiger partial charge in [-0.15, -0.1) is 0 Å². The largest absolute Gasteiger partial charge is 0.493 e. The van der Waals surface area contributed by atoms with E-state index in [1.165, 1.54) is 11.1 Å². The molecule has 0 fully saturated rings. The maximum absolute atomic E-state index is 12.2. The van der Waals surface area contributed by atoms with Crippen LogP contribution >= 0.6 is 0 Å². The van der Waals surface area contributed by atoms with E-state index >= 15 is 0 Å². The normalized spacial score (nSPS) is 11.6. The number of imidazole rings is 1. The lowest BCUT2D eigenvalue weighted by Crippen LogP contribution is -2.36. The Labute approximate surface area is 179 Å². The summed E-state index contributed by atoms with van der Waals surface area (Å²) in [5.41, 5.74) is 4.06. The van der Waals surface area contributed by atoms with Crippen molar-refractivity contribution in [1.82, 2.24) is 14.9 Å². The fourth-order valence-corrected chi connectivity index (χ4v) is 3.54. The van der Waals surface area contributed by atoms with Crippen LogP contribution in [0.2, 0.25) is 0 Å². The monoisotopic (exact) mass is 407 g/mol. The minimum absolute atomic E-state index is 0.0622. The number of nitrogens with zero attached hydrogens (tertiary/aromatic N) is 2.